The topological polar surface area (TPSA) is 35.5 Å². The molecule has 1 unspecified atom stereocenters. The Morgan fingerprint density at radius 3 is 2.19 bits per heavy atom. The van der Waals surface area contributed by atoms with Gasteiger partial charge in [0.1, 0.15) is 0 Å². The third-order valence-electron chi connectivity index (χ3n) is 6.79. The van der Waals surface area contributed by atoms with Crippen molar-refractivity contribution in [1.29, 1.82) is 0 Å². The fourth-order valence-corrected chi connectivity index (χ4v) is 5.50. The number of rotatable bonds is 15. The minimum atomic E-state index is -0.451. The van der Waals surface area contributed by atoms with E-state index in [0.29, 0.717) is 0 Å². The number of para-hydroxylation sites is 1. The lowest BCUT2D eigenvalue weighted by atomic mass is 9.81. The fourth-order valence-electron chi connectivity index (χ4n) is 4.55. The van der Waals surface area contributed by atoms with Crippen LogP contribution in [0.2, 0.25) is 0 Å². The highest BCUT2D eigenvalue weighted by Gasteiger charge is 2.21. The lowest BCUT2D eigenvalue weighted by Gasteiger charge is -2.26. The van der Waals surface area contributed by atoms with Crippen LogP contribution in [0.1, 0.15) is 74.7 Å². The Kier molecular flexibility index (Phi) is 14.5. The quantitative estimate of drug-likeness (QED) is 0.124. The van der Waals surface area contributed by atoms with Gasteiger partial charge < -0.3 is 15.3 Å². The number of nitrogens with one attached hydrogen (secondary N) is 1. The second kappa shape index (κ2) is 17.2. The summed E-state index contributed by atoms with van der Waals surface area (Å²) in [6, 6.07) is 19.3. The maximum atomic E-state index is 10.5. The van der Waals surface area contributed by atoms with Crippen LogP contribution < -0.4 is 10.2 Å². The van der Waals surface area contributed by atoms with Crippen molar-refractivity contribution in [2.75, 3.05) is 21.8 Å². The molecule has 2 aromatic rings. The van der Waals surface area contributed by atoms with Crippen LogP contribution in [0.25, 0.3) is 0 Å². The number of hydrogen-bond donors (Lipinski definition) is 2. The molecule has 228 valence electrons. The van der Waals surface area contributed by atoms with Crippen molar-refractivity contribution in [2.24, 2.45) is 10.8 Å². The zero-order valence-electron chi connectivity index (χ0n) is 27.3. The highest BCUT2D eigenvalue weighted by atomic mass is 32.2. The highest BCUT2D eigenvalue weighted by molar-refractivity contribution is 7.99. The van der Waals surface area contributed by atoms with Gasteiger partial charge in [-0.25, -0.2) is 0 Å². The van der Waals surface area contributed by atoms with Crippen LogP contribution in [-0.4, -0.2) is 22.8 Å². The van der Waals surface area contributed by atoms with E-state index in [0.717, 1.165) is 47.8 Å². The van der Waals surface area contributed by atoms with Crippen LogP contribution in [0.15, 0.2) is 114 Å². The van der Waals surface area contributed by atoms with Gasteiger partial charge in [-0.05, 0) is 97.7 Å². The van der Waals surface area contributed by atoms with E-state index in [1.807, 2.05) is 36.9 Å². The molecule has 4 heteroatoms. The molecule has 42 heavy (non-hydrogen) atoms. The summed E-state index contributed by atoms with van der Waals surface area (Å²) in [5, 5.41) is 14.0. The van der Waals surface area contributed by atoms with Crippen LogP contribution in [-0.2, 0) is 0 Å². The second-order valence-electron chi connectivity index (χ2n) is 13.1. The van der Waals surface area contributed by atoms with Gasteiger partial charge in [0, 0.05) is 22.8 Å². The van der Waals surface area contributed by atoms with E-state index in [1.165, 1.54) is 16.9 Å². The first kappa shape index (κ1) is 35.2. The molecule has 0 saturated carbocycles. The fraction of sp³-hybridized carbons (Fsp3) is 0.421. The summed E-state index contributed by atoms with van der Waals surface area (Å²) >= 11 is 1.96. The van der Waals surface area contributed by atoms with Gasteiger partial charge >= 0.3 is 0 Å². The van der Waals surface area contributed by atoms with Gasteiger partial charge in [0.05, 0.1) is 12.0 Å². The van der Waals surface area contributed by atoms with E-state index in [9.17, 15) is 5.11 Å². The first-order valence-electron chi connectivity index (χ1n) is 15.1. The van der Waals surface area contributed by atoms with Crippen molar-refractivity contribution < 1.29 is 5.11 Å². The Morgan fingerprint density at radius 2 is 1.62 bits per heavy atom. The molecule has 2 rings (SSSR count). The monoisotopic (exact) mass is 586 g/mol. The summed E-state index contributed by atoms with van der Waals surface area (Å²) < 4.78 is 0. The maximum absolute atomic E-state index is 10.5. The minimum absolute atomic E-state index is 0.0669. The Hall–Kier alpha value is -2.95. The van der Waals surface area contributed by atoms with Crippen molar-refractivity contribution in [2.45, 2.75) is 80.8 Å². The van der Waals surface area contributed by atoms with Crippen molar-refractivity contribution in [1.82, 2.24) is 0 Å². The Labute approximate surface area is 261 Å². The normalized spacial score (nSPS) is 14.3. The molecule has 0 saturated heterocycles. The van der Waals surface area contributed by atoms with Gasteiger partial charge in [-0.3, -0.25) is 0 Å². The van der Waals surface area contributed by atoms with Gasteiger partial charge in [-0.2, -0.15) is 0 Å². The van der Waals surface area contributed by atoms with Crippen LogP contribution in [0.4, 0.5) is 17.1 Å². The number of hydrogen-bond acceptors (Lipinski definition) is 4. The number of aliphatic hydroxyl groups is 1. The molecule has 0 amide bonds. The first-order chi connectivity index (χ1) is 19.8. The highest BCUT2D eigenvalue weighted by Crippen LogP contribution is 2.32. The standard InChI is InChI=1S/C38H54N2OS/c1-10-11-13-17-30(2)39-33-21-23-35(24-22-33)40(34-19-14-12-15-20-34)29-42-27-16-18-32(25-26-37(4,5)6)28-36(31(3)41)38(7,8)9/h10-15,17,19-25,28,31,39,41H,1,16,18,26-27,29H2,2-9H3/b13-11-,30-17+,32-25-,36-28+. The van der Waals surface area contributed by atoms with Gasteiger partial charge in [-0.15, -0.1) is 11.8 Å². The van der Waals surface area contributed by atoms with E-state index in [-0.39, 0.29) is 10.8 Å². The van der Waals surface area contributed by atoms with Crippen molar-refractivity contribution in [3.05, 3.63) is 114 Å². The van der Waals surface area contributed by atoms with E-state index in [4.69, 9.17) is 0 Å². The molecule has 0 radical (unpaired) electrons. The number of anilines is 3. The van der Waals surface area contributed by atoms with Gasteiger partial charge in [-0.1, -0.05) is 102 Å². The molecule has 0 aromatic heterocycles. The molecular formula is C38H54N2OS. The first-order valence-corrected chi connectivity index (χ1v) is 16.3. The van der Waals surface area contributed by atoms with Crippen LogP contribution in [0, 0.1) is 10.8 Å². The number of benzene rings is 2. The second-order valence-corrected chi connectivity index (χ2v) is 14.2. The van der Waals surface area contributed by atoms with Crippen molar-refractivity contribution >= 4 is 28.8 Å². The predicted octanol–water partition coefficient (Wildman–Crippen LogP) is 11.1. The van der Waals surface area contributed by atoms with E-state index in [2.05, 4.69) is 132 Å². The minimum Gasteiger partial charge on any atom is -0.389 e. The molecule has 3 nitrogen and oxygen atoms in total. The van der Waals surface area contributed by atoms with Gasteiger partial charge in [0.25, 0.3) is 0 Å². The molecule has 1 atom stereocenters. The molecule has 0 aliphatic rings. The predicted molar refractivity (Wildman–Crippen MR) is 190 cm³/mol. The average Bonchev–Trinajstić information content (AvgIpc) is 2.91. The van der Waals surface area contributed by atoms with E-state index < -0.39 is 6.10 Å². The lowest BCUT2D eigenvalue weighted by Crippen LogP contribution is -2.20. The third-order valence-corrected chi connectivity index (χ3v) is 7.81. The summed E-state index contributed by atoms with van der Waals surface area (Å²) in [4.78, 5) is 2.38. The lowest BCUT2D eigenvalue weighted by molar-refractivity contribution is 0.203. The van der Waals surface area contributed by atoms with Crippen molar-refractivity contribution in [3.8, 4) is 0 Å². The van der Waals surface area contributed by atoms with E-state index in [1.54, 1.807) is 6.08 Å². The molecule has 0 spiro atoms. The molecule has 0 aliphatic heterocycles. The zero-order chi connectivity index (χ0) is 31.2. The zero-order valence-corrected chi connectivity index (χ0v) is 28.1. The Balaban J connectivity index is 2.11. The third kappa shape index (κ3) is 13.4. The summed E-state index contributed by atoms with van der Waals surface area (Å²) in [6.07, 6.45) is 15.0. The largest absolute Gasteiger partial charge is 0.389 e. The summed E-state index contributed by atoms with van der Waals surface area (Å²) in [5.41, 5.74) is 7.11. The molecule has 0 bridgehead atoms. The van der Waals surface area contributed by atoms with E-state index >= 15 is 0 Å². The number of thioether (sulfide) groups is 1. The smallest absolute Gasteiger partial charge is 0.0730 e. The molecule has 2 aromatic carbocycles. The summed E-state index contributed by atoms with van der Waals surface area (Å²) in [7, 11) is 0. The molecular weight excluding hydrogens is 532 g/mol. The van der Waals surface area contributed by atoms with Gasteiger partial charge in [0.15, 0.2) is 0 Å². The molecule has 0 heterocycles. The average molecular weight is 587 g/mol. The Morgan fingerprint density at radius 1 is 0.976 bits per heavy atom. The number of nitrogens with zero attached hydrogens (tertiary/aromatic N) is 1. The summed E-state index contributed by atoms with van der Waals surface area (Å²) in [6.45, 7) is 21.0. The Bertz CT molecular complexity index is 1210. The molecule has 0 fully saturated rings. The molecule has 0 aliphatic carbocycles. The summed E-state index contributed by atoms with van der Waals surface area (Å²) in [5.74, 6) is 1.94. The molecule has 2 N–H and O–H groups in total. The van der Waals surface area contributed by atoms with Gasteiger partial charge in [0.2, 0.25) is 0 Å². The number of aliphatic hydroxyl groups excluding tert-OH is 1. The van der Waals surface area contributed by atoms with Crippen LogP contribution in [0.5, 0.6) is 0 Å². The SMILES string of the molecule is C=C/C=C\C=C(/C)Nc1ccc(N(CSCCCC(=C/CC(C)(C)C)/C=C(\C(C)O)C(C)(C)C)c2ccccc2)cc1. The van der Waals surface area contributed by atoms with Crippen molar-refractivity contribution in [3.63, 3.8) is 0 Å². The maximum Gasteiger partial charge on any atom is 0.0730 e. The van der Waals surface area contributed by atoms with Crippen LogP contribution >= 0.6 is 11.8 Å². The number of allylic oxidation sites excluding steroid dienone is 8. The van der Waals surface area contributed by atoms with Crippen LogP contribution in [0.3, 0.4) is 0 Å².